The normalized spacial score (nSPS) is 19.3. The summed E-state index contributed by atoms with van der Waals surface area (Å²) in [4.78, 5) is 18.9. The van der Waals surface area contributed by atoms with Crippen LogP contribution in [0.15, 0.2) is 0 Å². The van der Waals surface area contributed by atoms with Gasteiger partial charge < -0.3 is 14.5 Å². The number of hydrogen-bond donors (Lipinski definition) is 1. The molecular weight excluding hydrogens is 240 g/mol. The van der Waals surface area contributed by atoms with Gasteiger partial charge >= 0.3 is 5.97 Å². The second-order valence-electron chi connectivity index (χ2n) is 3.98. The summed E-state index contributed by atoms with van der Waals surface area (Å²) in [7, 11) is 1.33. The molecule has 1 aliphatic rings. The van der Waals surface area contributed by atoms with Crippen molar-refractivity contribution >= 4 is 18.2 Å². The molecule has 6 heteroatoms. The Labute approximate surface area is 104 Å². The van der Waals surface area contributed by atoms with Crippen LogP contribution in [-0.2, 0) is 9.47 Å². The molecule has 92 valence electrons. The van der Waals surface area contributed by atoms with Crippen molar-refractivity contribution in [3.05, 3.63) is 21.7 Å². The summed E-state index contributed by atoms with van der Waals surface area (Å²) in [6, 6.07) is 0. The van der Waals surface area contributed by atoms with Gasteiger partial charge in [-0.05, 0) is 13.3 Å². The Bertz CT molecular complexity index is 492. The zero-order chi connectivity index (χ0) is 12.4. The number of nitrogens with one attached hydrogen (secondary N) is 1. The van der Waals surface area contributed by atoms with E-state index in [1.54, 1.807) is 6.92 Å². The second-order valence-corrected chi connectivity index (χ2v) is 4.37. The van der Waals surface area contributed by atoms with E-state index in [1.807, 2.05) is 0 Å². The number of aryl methyl sites for hydroxylation is 1. The fourth-order valence-corrected chi connectivity index (χ4v) is 2.23. The fourth-order valence-electron chi connectivity index (χ4n) is 1.89. The van der Waals surface area contributed by atoms with Gasteiger partial charge in [0.15, 0.2) is 0 Å². The molecule has 0 spiro atoms. The molecular formula is C11H14N2O3S. The van der Waals surface area contributed by atoms with Crippen molar-refractivity contribution in [3.63, 3.8) is 0 Å². The van der Waals surface area contributed by atoms with E-state index in [-0.39, 0.29) is 10.6 Å². The molecule has 1 aromatic heterocycles. The minimum atomic E-state index is -0.453. The van der Waals surface area contributed by atoms with E-state index < -0.39 is 5.97 Å². The molecule has 2 heterocycles. The molecule has 0 aromatic carbocycles. The van der Waals surface area contributed by atoms with E-state index in [1.165, 1.54) is 7.11 Å². The average Bonchev–Trinajstić information content (AvgIpc) is 2.81. The van der Waals surface area contributed by atoms with Gasteiger partial charge in [-0.15, -0.1) is 0 Å². The third kappa shape index (κ3) is 2.37. The number of ether oxygens (including phenoxy) is 2. The highest BCUT2D eigenvalue weighted by Gasteiger charge is 2.22. The zero-order valence-electron chi connectivity index (χ0n) is 9.78. The summed E-state index contributed by atoms with van der Waals surface area (Å²) < 4.78 is 10.3. The summed E-state index contributed by atoms with van der Waals surface area (Å²) >= 11 is 5.13. The van der Waals surface area contributed by atoms with Crippen molar-refractivity contribution in [2.45, 2.75) is 19.3 Å². The monoisotopic (exact) mass is 254 g/mol. The highest BCUT2D eigenvalue weighted by atomic mass is 32.1. The van der Waals surface area contributed by atoms with Crippen molar-refractivity contribution in [2.24, 2.45) is 0 Å². The molecule has 0 radical (unpaired) electrons. The van der Waals surface area contributed by atoms with E-state index in [2.05, 4.69) is 14.7 Å². The molecule has 1 saturated heterocycles. The SMILES string of the molecule is COC(=O)c1c(C)[nH]c(C2CCOC2)nc1=S. The number of H-pyrrole nitrogens is 1. The first-order valence-electron chi connectivity index (χ1n) is 5.40. The number of carbonyl (C=O) groups is 1. The summed E-state index contributed by atoms with van der Waals surface area (Å²) in [5, 5.41) is 0. The lowest BCUT2D eigenvalue weighted by Gasteiger charge is -2.10. The van der Waals surface area contributed by atoms with Crippen LogP contribution < -0.4 is 0 Å². The largest absolute Gasteiger partial charge is 0.465 e. The Hall–Kier alpha value is -1.27. The Balaban J connectivity index is 2.41. The first kappa shape index (κ1) is 12.2. The van der Waals surface area contributed by atoms with Gasteiger partial charge in [0, 0.05) is 18.2 Å². The molecule has 1 aliphatic heterocycles. The maximum Gasteiger partial charge on any atom is 0.342 e. The highest BCUT2D eigenvalue weighted by molar-refractivity contribution is 7.71. The molecule has 1 aromatic rings. The molecule has 0 bridgehead atoms. The lowest BCUT2D eigenvalue weighted by molar-refractivity contribution is 0.0598. The summed E-state index contributed by atoms with van der Waals surface area (Å²) in [5.41, 5.74) is 1.03. The number of nitrogens with zero attached hydrogens (tertiary/aromatic N) is 1. The smallest absolute Gasteiger partial charge is 0.342 e. The van der Waals surface area contributed by atoms with Crippen molar-refractivity contribution < 1.29 is 14.3 Å². The lowest BCUT2D eigenvalue weighted by Crippen LogP contribution is -2.12. The molecule has 2 rings (SSSR count). The standard InChI is InChI=1S/C11H14N2O3S/c1-6-8(11(14)15-2)10(17)13-9(12-6)7-3-4-16-5-7/h7H,3-5H2,1-2H3,(H,12,13,17). The van der Waals surface area contributed by atoms with Crippen LogP contribution in [0.1, 0.15) is 34.2 Å². The first-order chi connectivity index (χ1) is 8.13. The van der Waals surface area contributed by atoms with Crippen LogP contribution in [0, 0.1) is 11.6 Å². The van der Waals surface area contributed by atoms with Crippen molar-refractivity contribution in [3.8, 4) is 0 Å². The Morgan fingerprint density at radius 1 is 1.65 bits per heavy atom. The number of carbonyl (C=O) groups excluding carboxylic acids is 1. The summed E-state index contributed by atoms with van der Waals surface area (Å²) in [6.07, 6.45) is 0.926. The van der Waals surface area contributed by atoms with Crippen molar-refractivity contribution in [1.29, 1.82) is 0 Å². The molecule has 1 atom stereocenters. The topological polar surface area (TPSA) is 64.2 Å². The van der Waals surface area contributed by atoms with E-state index >= 15 is 0 Å². The minimum Gasteiger partial charge on any atom is -0.465 e. The predicted molar refractivity (Wildman–Crippen MR) is 63.7 cm³/mol. The maximum absolute atomic E-state index is 11.5. The average molecular weight is 254 g/mol. The van der Waals surface area contributed by atoms with Gasteiger partial charge in [0.05, 0.1) is 13.7 Å². The van der Waals surface area contributed by atoms with Gasteiger partial charge in [0.1, 0.15) is 16.0 Å². The van der Waals surface area contributed by atoms with Crippen LogP contribution in [0.4, 0.5) is 0 Å². The quantitative estimate of drug-likeness (QED) is 0.643. The van der Waals surface area contributed by atoms with Gasteiger partial charge in [-0.25, -0.2) is 9.78 Å². The van der Waals surface area contributed by atoms with E-state index in [0.29, 0.717) is 17.9 Å². The molecule has 0 aliphatic carbocycles. The van der Waals surface area contributed by atoms with E-state index in [4.69, 9.17) is 17.0 Å². The minimum absolute atomic E-state index is 0.238. The molecule has 0 saturated carbocycles. The van der Waals surface area contributed by atoms with Gasteiger partial charge in [0.2, 0.25) is 0 Å². The maximum atomic E-state index is 11.5. The van der Waals surface area contributed by atoms with E-state index in [9.17, 15) is 4.79 Å². The molecule has 0 amide bonds. The Morgan fingerprint density at radius 3 is 2.94 bits per heavy atom. The number of aromatic nitrogens is 2. The van der Waals surface area contributed by atoms with Crippen molar-refractivity contribution in [2.75, 3.05) is 20.3 Å². The molecule has 5 nitrogen and oxygen atoms in total. The van der Waals surface area contributed by atoms with Crippen LogP contribution >= 0.6 is 12.2 Å². The van der Waals surface area contributed by atoms with Crippen LogP contribution in [-0.4, -0.2) is 36.3 Å². The van der Waals surface area contributed by atoms with Crippen LogP contribution in [0.5, 0.6) is 0 Å². The lowest BCUT2D eigenvalue weighted by atomic mass is 10.1. The predicted octanol–water partition coefficient (Wildman–Crippen LogP) is 1.74. The number of aromatic amines is 1. The Kier molecular flexibility index (Phi) is 3.54. The molecule has 1 fully saturated rings. The van der Waals surface area contributed by atoms with Crippen molar-refractivity contribution in [1.82, 2.24) is 9.97 Å². The molecule has 17 heavy (non-hydrogen) atoms. The fraction of sp³-hybridized carbons (Fsp3) is 0.545. The number of esters is 1. The van der Waals surface area contributed by atoms with Gasteiger partial charge in [-0.2, -0.15) is 0 Å². The zero-order valence-corrected chi connectivity index (χ0v) is 10.6. The number of rotatable bonds is 2. The first-order valence-corrected chi connectivity index (χ1v) is 5.81. The van der Waals surface area contributed by atoms with Crippen LogP contribution in [0.25, 0.3) is 0 Å². The van der Waals surface area contributed by atoms with Crippen LogP contribution in [0.3, 0.4) is 0 Å². The van der Waals surface area contributed by atoms with Gasteiger partial charge in [-0.1, -0.05) is 12.2 Å². The van der Waals surface area contributed by atoms with Gasteiger partial charge in [0.25, 0.3) is 0 Å². The molecule has 1 unspecified atom stereocenters. The third-order valence-corrected chi connectivity index (χ3v) is 3.13. The summed E-state index contributed by atoms with van der Waals surface area (Å²) in [6.45, 7) is 3.18. The van der Waals surface area contributed by atoms with E-state index in [0.717, 1.165) is 18.9 Å². The highest BCUT2D eigenvalue weighted by Crippen LogP contribution is 2.23. The number of methoxy groups -OCH3 is 1. The molecule has 1 N–H and O–H groups in total. The second kappa shape index (κ2) is 4.93. The third-order valence-electron chi connectivity index (χ3n) is 2.83. The van der Waals surface area contributed by atoms with Crippen LogP contribution in [0.2, 0.25) is 0 Å². The Morgan fingerprint density at radius 2 is 2.41 bits per heavy atom. The summed E-state index contributed by atoms with van der Waals surface area (Å²) in [5.74, 6) is 0.574. The van der Waals surface area contributed by atoms with Gasteiger partial charge in [-0.3, -0.25) is 0 Å². The number of hydrogen-bond acceptors (Lipinski definition) is 5.